The van der Waals surface area contributed by atoms with Crippen molar-refractivity contribution in [1.82, 2.24) is 4.31 Å². The molecule has 1 aliphatic rings. The first-order valence-corrected chi connectivity index (χ1v) is 12.9. The summed E-state index contributed by atoms with van der Waals surface area (Å²) in [6, 6.07) is 14.8. The molecule has 1 aliphatic heterocycles. The first-order chi connectivity index (χ1) is 13.5. The molecule has 1 heterocycles. The number of nitrogens with zero attached hydrogens (tertiary/aromatic N) is 1. The van der Waals surface area contributed by atoms with Crippen LogP contribution in [0, 0.1) is 5.92 Å². The van der Waals surface area contributed by atoms with Crippen LogP contribution in [0.2, 0.25) is 0 Å². The van der Waals surface area contributed by atoms with Crippen molar-refractivity contribution in [2.75, 3.05) is 30.9 Å². The van der Waals surface area contributed by atoms with E-state index in [0.29, 0.717) is 30.8 Å². The van der Waals surface area contributed by atoms with Crippen LogP contribution >= 0.6 is 23.5 Å². The average Bonchev–Trinajstić information content (AvgIpc) is 2.74. The summed E-state index contributed by atoms with van der Waals surface area (Å²) in [5, 5.41) is 3.00. The Labute approximate surface area is 175 Å². The van der Waals surface area contributed by atoms with E-state index in [9.17, 15) is 13.2 Å². The Morgan fingerprint density at radius 2 is 1.54 bits per heavy atom. The summed E-state index contributed by atoms with van der Waals surface area (Å²) in [7, 11) is -3.55. The van der Waals surface area contributed by atoms with E-state index in [1.807, 2.05) is 48.9 Å². The molecule has 1 saturated heterocycles. The van der Waals surface area contributed by atoms with Gasteiger partial charge in [0.1, 0.15) is 0 Å². The van der Waals surface area contributed by atoms with Crippen LogP contribution in [0.4, 0.5) is 5.69 Å². The molecule has 0 aliphatic carbocycles. The maximum Gasteiger partial charge on any atom is 0.244 e. The van der Waals surface area contributed by atoms with Crippen molar-refractivity contribution >= 4 is 45.1 Å². The summed E-state index contributed by atoms with van der Waals surface area (Å²) in [6.07, 6.45) is 4.89. The largest absolute Gasteiger partial charge is 0.325 e. The smallest absolute Gasteiger partial charge is 0.244 e. The third kappa shape index (κ3) is 4.56. The van der Waals surface area contributed by atoms with Gasteiger partial charge in [0.25, 0.3) is 0 Å². The molecule has 0 bridgehead atoms. The number of para-hydroxylation sites is 1. The van der Waals surface area contributed by atoms with Gasteiger partial charge < -0.3 is 5.32 Å². The molecule has 0 saturated carbocycles. The monoisotopic (exact) mass is 436 g/mol. The van der Waals surface area contributed by atoms with Gasteiger partial charge in [0.2, 0.25) is 15.9 Å². The fraction of sp³-hybridized carbons (Fsp3) is 0.350. The fourth-order valence-electron chi connectivity index (χ4n) is 3.31. The third-order valence-electron chi connectivity index (χ3n) is 4.88. The number of sulfonamides is 1. The number of hydrogen-bond acceptors (Lipinski definition) is 5. The molecule has 28 heavy (non-hydrogen) atoms. The zero-order chi connectivity index (χ0) is 20.1. The van der Waals surface area contributed by atoms with Crippen molar-refractivity contribution in [3.63, 3.8) is 0 Å². The lowest BCUT2D eigenvalue weighted by molar-refractivity contribution is -0.120. The Balaban J connectivity index is 1.66. The minimum Gasteiger partial charge on any atom is -0.325 e. The number of carbonyl (C=O) groups excluding carboxylic acids is 1. The maximum atomic E-state index is 13.0. The van der Waals surface area contributed by atoms with Gasteiger partial charge in [-0.25, -0.2) is 8.42 Å². The molecule has 8 heteroatoms. The van der Waals surface area contributed by atoms with Gasteiger partial charge in [-0.1, -0.05) is 24.3 Å². The molecular formula is C20H24N2O3S3. The van der Waals surface area contributed by atoms with E-state index in [0.717, 1.165) is 15.5 Å². The van der Waals surface area contributed by atoms with E-state index in [1.165, 1.54) is 16.1 Å². The number of carbonyl (C=O) groups is 1. The Bertz CT molecular complexity index is 939. The normalized spacial score (nSPS) is 16.1. The average molecular weight is 437 g/mol. The molecule has 0 aromatic heterocycles. The summed E-state index contributed by atoms with van der Waals surface area (Å²) >= 11 is 3.01. The van der Waals surface area contributed by atoms with Gasteiger partial charge in [-0.15, -0.1) is 23.5 Å². The number of piperidine rings is 1. The highest BCUT2D eigenvalue weighted by atomic mass is 32.2. The number of benzene rings is 2. The molecular weight excluding hydrogens is 412 g/mol. The SMILES string of the molecule is CSc1ccccc1NC(=O)C1CCN(S(=O)(=O)c2ccccc2SC)CC1. The lowest BCUT2D eigenvalue weighted by Gasteiger charge is -2.31. The van der Waals surface area contributed by atoms with Gasteiger partial charge in [0.15, 0.2) is 0 Å². The molecule has 0 radical (unpaired) electrons. The van der Waals surface area contributed by atoms with Crippen molar-refractivity contribution in [2.24, 2.45) is 5.92 Å². The van der Waals surface area contributed by atoms with Crippen LogP contribution in [0.3, 0.4) is 0 Å². The first kappa shape index (κ1) is 21.2. The molecule has 1 fully saturated rings. The van der Waals surface area contributed by atoms with Crippen LogP contribution in [-0.4, -0.2) is 44.2 Å². The van der Waals surface area contributed by atoms with E-state index in [1.54, 1.807) is 23.9 Å². The van der Waals surface area contributed by atoms with E-state index < -0.39 is 10.0 Å². The van der Waals surface area contributed by atoms with E-state index in [-0.39, 0.29) is 11.8 Å². The third-order valence-corrected chi connectivity index (χ3v) is 8.55. The highest BCUT2D eigenvalue weighted by molar-refractivity contribution is 7.99. The number of anilines is 1. The van der Waals surface area contributed by atoms with Crippen LogP contribution in [0.15, 0.2) is 63.2 Å². The second-order valence-corrected chi connectivity index (χ2v) is 10.1. The summed E-state index contributed by atoms with van der Waals surface area (Å²) in [4.78, 5) is 14.8. The standard InChI is InChI=1S/C20H24N2O3S3/c1-26-17-8-4-3-7-16(17)21-20(23)15-11-13-22(14-12-15)28(24,25)19-10-6-5-9-18(19)27-2/h3-10,15H,11-14H2,1-2H3,(H,21,23). The number of rotatable bonds is 6. The minimum absolute atomic E-state index is 0.0388. The van der Waals surface area contributed by atoms with Crippen molar-refractivity contribution in [1.29, 1.82) is 0 Å². The Hall–Kier alpha value is -1.48. The summed E-state index contributed by atoms with van der Waals surface area (Å²) in [5.74, 6) is -0.222. The maximum absolute atomic E-state index is 13.0. The fourth-order valence-corrected chi connectivity index (χ4v) is 6.46. The van der Waals surface area contributed by atoms with Crippen molar-refractivity contribution in [2.45, 2.75) is 27.5 Å². The second kappa shape index (κ2) is 9.35. The second-order valence-electron chi connectivity index (χ2n) is 6.52. The van der Waals surface area contributed by atoms with Crippen molar-refractivity contribution in [3.8, 4) is 0 Å². The van der Waals surface area contributed by atoms with Crippen LogP contribution in [0.1, 0.15) is 12.8 Å². The lowest BCUT2D eigenvalue weighted by Crippen LogP contribution is -2.41. The number of nitrogens with one attached hydrogen (secondary N) is 1. The molecule has 2 aromatic carbocycles. The van der Waals surface area contributed by atoms with E-state index in [4.69, 9.17) is 0 Å². The molecule has 150 valence electrons. The zero-order valence-electron chi connectivity index (χ0n) is 15.9. The Morgan fingerprint density at radius 1 is 0.964 bits per heavy atom. The van der Waals surface area contributed by atoms with Gasteiger partial charge >= 0.3 is 0 Å². The molecule has 5 nitrogen and oxygen atoms in total. The van der Waals surface area contributed by atoms with Crippen LogP contribution < -0.4 is 5.32 Å². The van der Waals surface area contributed by atoms with Crippen LogP contribution in [0.25, 0.3) is 0 Å². The zero-order valence-corrected chi connectivity index (χ0v) is 18.4. The predicted molar refractivity (Wildman–Crippen MR) is 117 cm³/mol. The highest BCUT2D eigenvalue weighted by Crippen LogP contribution is 2.31. The molecule has 0 spiro atoms. The van der Waals surface area contributed by atoms with E-state index >= 15 is 0 Å². The molecule has 2 aromatic rings. The quantitative estimate of drug-likeness (QED) is 0.689. The molecule has 1 amide bonds. The highest BCUT2D eigenvalue weighted by Gasteiger charge is 2.33. The Kier molecular flexibility index (Phi) is 7.09. The van der Waals surface area contributed by atoms with Gasteiger partial charge in [-0.05, 0) is 49.6 Å². The summed E-state index contributed by atoms with van der Waals surface area (Å²) in [5.41, 5.74) is 0.809. The molecule has 3 rings (SSSR count). The number of thioether (sulfide) groups is 2. The number of amides is 1. The van der Waals surface area contributed by atoms with Gasteiger partial charge in [-0.3, -0.25) is 4.79 Å². The summed E-state index contributed by atoms with van der Waals surface area (Å²) in [6.45, 7) is 0.709. The van der Waals surface area contributed by atoms with Crippen LogP contribution in [0.5, 0.6) is 0 Å². The molecule has 0 atom stereocenters. The topological polar surface area (TPSA) is 66.5 Å². The van der Waals surface area contributed by atoms with Crippen LogP contribution in [-0.2, 0) is 14.8 Å². The van der Waals surface area contributed by atoms with Crippen molar-refractivity contribution in [3.05, 3.63) is 48.5 Å². The summed E-state index contributed by atoms with van der Waals surface area (Å²) < 4.78 is 27.6. The minimum atomic E-state index is -3.55. The predicted octanol–water partition coefficient (Wildman–Crippen LogP) is 4.17. The number of hydrogen-bond donors (Lipinski definition) is 1. The molecule has 0 unspecified atom stereocenters. The van der Waals surface area contributed by atoms with Crippen molar-refractivity contribution < 1.29 is 13.2 Å². The Morgan fingerprint density at radius 3 is 2.18 bits per heavy atom. The van der Waals surface area contributed by atoms with Gasteiger partial charge in [0.05, 0.1) is 10.6 Å². The van der Waals surface area contributed by atoms with Gasteiger partial charge in [0, 0.05) is 28.8 Å². The first-order valence-electron chi connectivity index (χ1n) is 9.04. The van der Waals surface area contributed by atoms with Gasteiger partial charge in [-0.2, -0.15) is 4.31 Å². The lowest BCUT2D eigenvalue weighted by atomic mass is 9.97. The van der Waals surface area contributed by atoms with E-state index in [2.05, 4.69) is 5.32 Å². The molecule has 1 N–H and O–H groups in total.